The number of nitrogens with zero attached hydrogens (tertiary/aromatic N) is 2. The number of alkyl halides is 3. The monoisotopic (exact) mass is 260 g/mol. The van der Waals surface area contributed by atoms with Crippen molar-refractivity contribution >= 4 is 10.1 Å². The van der Waals surface area contributed by atoms with Gasteiger partial charge in [-0.1, -0.05) is 0 Å². The zero-order valence-corrected chi connectivity index (χ0v) is 9.25. The van der Waals surface area contributed by atoms with E-state index in [2.05, 4.69) is 4.18 Å². The highest BCUT2D eigenvalue weighted by molar-refractivity contribution is 7.87. The highest BCUT2D eigenvalue weighted by Gasteiger charge is 2.47. The summed E-state index contributed by atoms with van der Waals surface area (Å²) in [5.74, 6) is 0. The van der Waals surface area contributed by atoms with Crippen molar-refractivity contribution in [1.29, 1.82) is 0 Å². The maximum atomic E-state index is 11.8. The van der Waals surface area contributed by atoms with Crippen molar-refractivity contribution in [1.82, 2.24) is 9.80 Å². The van der Waals surface area contributed by atoms with Crippen LogP contribution < -0.4 is 0 Å². The molecule has 0 radical (unpaired) electrons. The molecule has 0 N–H and O–H groups in total. The van der Waals surface area contributed by atoms with E-state index in [0.29, 0.717) is 6.67 Å². The van der Waals surface area contributed by atoms with Crippen LogP contribution in [0.3, 0.4) is 0 Å². The van der Waals surface area contributed by atoms with Gasteiger partial charge in [0.25, 0.3) is 0 Å². The first-order valence-corrected chi connectivity index (χ1v) is 5.71. The normalized spacial score (nSPS) is 17.2. The molecule has 0 amide bonds. The molecule has 0 spiro atoms. The molecule has 1 aliphatic heterocycles. The lowest BCUT2D eigenvalue weighted by Gasteiger charge is -2.17. The maximum Gasteiger partial charge on any atom is 0.523 e. The smallest absolute Gasteiger partial charge is 0.362 e. The molecule has 0 aromatic heterocycles. The topological polar surface area (TPSA) is 49.9 Å². The van der Waals surface area contributed by atoms with Gasteiger partial charge in [0.2, 0.25) is 0 Å². The van der Waals surface area contributed by atoms with E-state index in [1.54, 1.807) is 29.2 Å². The minimum atomic E-state index is -5.47. The minimum Gasteiger partial charge on any atom is -0.362 e. The Morgan fingerprint density at radius 1 is 1.38 bits per heavy atom. The first kappa shape index (κ1) is 13.1. The van der Waals surface area contributed by atoms with E-state index < -0.39 is 22.2 Å². The summed E-state index contributed by atoms with van der Waals surface area (Å²) >= 11 is 0. The third-order valence-electron chi connectivity index (χ3n) is 1.84. The van der Waals surface area contributed by atoms with Gasteiger partial charge in [0.05, 0.1) is 13.3 Å². The fraction of sp³-hybridized carbons (Fsp3) is 0.714. The Labute approximate surface area is 91.2 Å². The molecule has 0 aromatic carbocycles. The van der Waals surface area contributed by atoms with Crippen molar-refractivity contribution in [3.63, 3.8) is 0 Å². The summed E-state index contributed by atoms with van der Waals surface area (Å²) in [6.45, 7) is 0.0472. The predicted molar refractivity (Wildman–Crippen MR) is 49.4 cm³/mol. The standard InChI is InChI=1S/C7H11F3N2O3S/c1-11-2-3-12(6-11)4-5-15-16(13,14)7(8,9)10/h2-3H,4-6H2,1H3. The van der Waals surface area contributed by atoms with Crippen LogP contribution in [0.2, 0.25) is 0 Å². The second-order valence-corrected chi connectivity index (χ2v) is 4.84. The molecule has 5 nitrogen and oxygen atoms in total. The summed E-state index contributed by atoms with van der Waals surface area (Å²) in [7, 11) is -3.69. The molecular weight excluding hydrogens is 249 g/mol. The van der Waals surface area contributed by atoms with Gasteiger partial charge in [-0.05, 0) is 0 Å². The van der Waals surface area contributed by atoms with Crippen molar-refractivity contribution in [2.24, 2.45) is 0 Å². The van der Waals surface area contributed by atoms with Gasteiger partial charge in [-0.15, -0.1) is 0 Å². The van der Waals surface area contributed by atoms with Crippen LogP contribution >= 0.6 is 0 Å². The molecule has 1 aliphatic rings. The van der Waals surface area contributed by atoms with Gasteiger partial charge in [-0.25, -0.2) is 0 Å². The summed E-state index contributed by atoms with van der Waals surface area (Å²) < 4.78 is 60.4. The lowest BCUT2D eigenvalue weighted by Crippen LogP contribution is -2.30. The third-order valence-corrected chi connectivity index (χ3v) is 2.88. The molecule has 0 unspecified atom stereocenters. The fourth-order valence-electron chi connectivity index (χ4n) is 1.07. The Balaban J connectivity index is 2.34. The van der Waals surface area contributed by atoms with Crippen LogP contribution in [0.25, 0.3) is 0 Å². The first-order valence-electron chi connectivity index (χ1n) is 4.31. The van der Waals surface area contributed by atoms with Crippen LogP contribution in [0.1, 0.15) is 0 Å². The second kappa shape index (κ2) is 4.50. The second-order valence-electron chi connectivity index (χ2n) is 3.23. The van der Waals surface area contributed by atoms with E-state index in [-0.39, 0.29) is 6.54 Å². The highest BCUT2D eigenvalue weighted by Crippen LogP contribution is 2.24. The zero-order valence-electron chi connectivity index (χ0n) is 8.44. The van der Waals surface area contributed by atoms with Gasteiger partial charge >= 0.3 is 15.6 Å². The number of halogens is 3. The molecule has 0 atom stereocenters. The van der Waals surface area contributed by atoms with E-state index in [1.807, 2.05) is 0 Å². The van der Waals surface area contributed by atoms with Gasteiger partial charge in [0.15, 0.2) is 0 Å². The Morgan fingerprint density at radius 2 is 2.00 bits per heavy atom. The van der Waals surface area contributed by atoms with Crippen LogP contribution in [-0.4, -0.2) is 50.6 Å². The predicted octanol–water partition coefficient (Wildman–Crippen LogP) is 0.529. The van der Waals surface area contributed by atoms with E-state index in [0.717, 1.165) is 0 Å². The average molecular weight is 260 g/mol. The Bertz CT molecular complexity index is 366. The number of hydrogen-bond acceptors (Lipinski definition) is 5. The molecule has 94 valence electrons. The van der Waals surface area contributed by atoms with Crippen molar-refractivity contribution in [2.45, 2.75) is 5.51 Å². The SMILES string of the molecule is CN1C=CN(CCOS(=O)(=O)C(F)(F)F)C1. The van der Waals surface area contributed by atoms with Gasteiger partial charge in [-0.2, -0.15) is 21.6 Å². The molecule has 0 bridgehead atoms. The van der Waals surface area contributed by atoms with Gasteiger partial charge in [0, 0.05) is 26.0 Å². The number of hydrogen-bond donors (Lipinski definition) is 0. The van der Waals surface area contributed by atoms with Crippen molar-refractivity contribution in [3.8, 4) is 0 Å². The Morgan fingerprint density at radius 3 is 2.44 bits per heavy atom. The lowest BCUT2D eigenvalue weighted by atomic mass is 10.6. The van der Waals surface area contributed by atoms with Crippen LogP contribution in [0.15, 0.2) is 12.4 Å². The molecule has 0 aliphatic carbocycles. The number of rotatable bonds is 4. The highest BCUT2D eigenvalue weighted by atomic mass is 32.2. The van der Waals surface area contributed by atoms with Crippen LogP contribution in [0.5, 0.6) is 0 Å². The molecule has 0 aromatic rings. The summed E-state index contributed by atoms with van der Waals surface area (Å²) in [6.07, 6.45) is 3.36. The van der Waals surface area contributed by atoms with Crippen molar-refractivity contribution in [3.05, 3.63) is 12.4 Å². The average Bonchev–Trinajstić information content (AvgIpc) is 2.49. The molecule has 1 rings (SSSR count). The van der Waals surface area contributed by atoms with Crippen LogP contribution in [0, 0.1) is 0 Å². The summed E-state index contributed by atoms with van der Waals surface area (Å²) in [6, 6.07) is 0. The minimum absolute atomic E-state index is 0.0795. The summed E-state index contributed by atoms with van der Waals surface area (Å²) in [4.78, 5) is 3.42. The molecule has 0 saturated carbocycles. The molecule has 9 heteroatoms. The summed E-state index contributed by atoms with van der Waals surface area (Å²) in [5, 5.41) is 0. The van der Waals surface area contributed by atoms with E-state index in [9.17, 15) is 21.6 Å². The van der Waals surface area contributed by atoms with E-state index in [1.165, 1.54) is 0 Å². The first-order chi connectivity index (χ1) is 7.22. The van der Waals surface area contributed by atoms with E-state index in [4.69, 9.17) is 0 Å². The molecule has 0 fully saturated rings. The Hall–Kier alpha value is -0.960. The van der Waals surface area contributed by atoms with E-state index >= 15 is 0 Å². The quantitative estimate of drug-likeness (QED) is 0.545. The van der Waals surface area contributed by atoms with Crippen molar-refractivity contribution in [2.75, 3.05) is 26.9 Å². The molecule has 1 heterocycles. The van der Waals surface area contributed by atoms with Crippen molar-refractivity contribution < 1.29 is 25.8 Å². The zero-order chi connectivity index (χ0) is 12.4. The fourth-order valence-corrected chi connectivity index (χ4v) is 1.49. The Kier molecular flexibility index (Phi) is 3.68. The summed E-state index contributed by atoms with van der Waals surface area (Å²) in [5.41, 5.74) is -5.36. The lowest BCUT2D eigenvalue weighted by molar-refractivity contribution is -0.0544. The van der Waals surface area contributed by atoms with Crippen LogP contribution in [-0.2, 0) is 14.3 Å². The van der Waals surface area contributed by atoms with Gasteiger partial charge < -0.3 is 9.80 Å². The van der Waals surface area contributed by atoms with Gasteiger partial charge in [-0.3, -0.25) is 4.18 Å². The van der Waals surface area contributed by atoms with Crippen LogP contribution in [0.4, 0.5) is 13.2 Å². The third kappa shape index (κ3) is 3.27. The molecular formula is C7H11F3N2O3S. The maximum absolute atomic E-state index is 11.8. The van der Waals surface area contributed by atoms with Gasteiger partial charge in [0.1, 0.15) is 0 Å². The largest absolute Gasteiger partial charge is 0.523 e. The molecule has 0 saturated heterocycles. The molecule has 16 heavy (non-hydrogen) atoms.